The largest absolute Gasteiger partial charge is 0.378 e. The number of hydrogen-bond acceptors (Lipinski definition) is 4. The van der Waals surface area contributed by atoms with Gasteiger partial charge in [0.05, 0.1) is 6.10 Å². The normalized spacial score (nSPS) is 16.0. The number of likely N-dealkylation sites (tertiary alicyclic amines) is 1. The van der Waals surface area contributed by atoms with Crippen molar-refractivity contribution in [1.29, 1.82) is 0 Å². The van der Waals surface area contributed by atoms with E-state index in [1.165, 1.54) is 10.6 Å². The number of rotatable bonds is 6. The van der Waals surface area contributed by atoms with Crippen molar-refractivity contribution in [1.82, 2.24) is 9.47 Å². The van der Waals surface area contributed by atoms with Gasteiger partial charge in [0.15, 0.2) is 0 Å². The zero-order valence-corrected chi connectivity index (χ0v) is 14.1. The summed E-state index contributed by atoms with van der Waals surface area (Å²) in [6, 6.07) is 3.13. The molecule has 2 N–H and O–H groups in total. The van der Waals surface area contributed by atoms with Gasteiger partial charge in [0.1, 0.15) is 6.54 Å². The molecule has 0 atom stereocenters. The minimum absolute atomic E-state index is 0.0272. The van der Waals surface area contributed by atoms with Crippen LogP contribution in [0, 0.1) is 0 Å². The highest BCUT2D eigenvalue weighted by Gasteiger charge is 2.23. The van der Waals surface area contributed by atoms with E-state index in [9.17, 15) is 9.59 Å². The number of amides is 1. The number of carbonyl (C=O) groups is 1. The molecule has 1 aromatic heterocycles. The van der Waals surface area contributed by atoms with Crippen LogP contribution in [0.4, 0.5) is 0 Å². The van der Waals surface area contributed by atoms with Crippen molar-refractivity contribution < 1.29 is 9.53 Å². The monoisotopic (exact) mass is 371 g/mol. The fraction of sp³-hybridized carbons (Fsp3) is 0.600. The van der Waals surface area contributed by atoms with E-state index in [-0.39, 0.29) is 24.1 Å². The Morgan fingerprint density at radius 3 is 2.77 bits per heavy atom. The summed E-state index contributed by atoms with van der Waals surface area (Å²) in [5.41, 5.74) is 5.27. The first-order valence-electron chi connectivity index (χ1n) is 7.55. The standard InChI is InChI=1S/C15H22BrN3O3/c16-12-2-3-14(20)19(10-12)11-15(21)18-7-4-13(5-8-18)22-9-1-6-17/h2-3,10,13H,1,4-9,11,17H2. The third kappa shape index (κ3) is 4.93. The Hall–Kier alpha value is -1.18. The number of nitrogens with two attached hydrogens (primary N) is 1. The molecule has 122 valence electrons. The lowest BCUT2D eigenvalue weighted by atomic mass is 10.1. The molecule has 7 heteroatoms. The van der Waals surface area contributed by atoms with E-state index < -0.39 is 0 Å². The lowest BCUT2D eigenvalue weighted by Crippen LogP contribution is -2.43. The summed E-state index contributed by atoms with van der Waals surface area (Å²) < 4.78 is 7.94. The van der Waals surface area contributed by atoms with E-state index in [0.29, 0.717) is 26.2 Å². The molecule has 1 amide bonds. The molecular weight excluding hydrogens is 350 g/mol. The highest BCUT2D eigenvalue weighted by Crippen LogP contribution is 2.14. The second-order valence-corrected chi connectivity index (χ2v) is 6.32. The van der Waals surface area contributed by atoms with Crippen molar-refractivity contribution in [3.05, 3.63) is 33.2 Å². The molecule has 0 spiro atoms. The number of carbonyl (C=O) groups excluding carboxylic acids is 1. The molecule has 2 rings (SSSR count). The Kier molecular flexibility index (Phi) is 6.60. The first kappa shape index (κ1) is 17.2. The van der Waals surface area contributed by atoms with Crippen molar-refractivity contribution >= 4 is 21.8 Å². The van der Waals surface area contributed by atoms with E-state index in [1.807, 2.05) is 0 Å². The van der Waals surface area contributed by atoms with Gasteiger partial charge in [0.2, 0.25) is 5.91 Å². The highest BCUT2D eigenvalue weighted by molar-refractivity contribution is 9.10. The molecular formula is C15H22BrN3O3. The molecule has 1 aliphatic heterocycles. The van der Waals surface area contributed by atoms with Crippen LogP contribution < -0.4 is 11.3 Å². The van der Waals surface area contributed by atoms with Gasteiger partial charge in [0, 0.05) is 36.4 Å². The lowest BCUT2D eigenvalue weighted by molar-refractivity contribution is -0.134. The molecule has 22 heavy (non-hydrogen) atoms. The minimum atomic E-state index is -0.170. The molecule has 0 saturated carbocycles. The molecule has 6 nitrogen and oxygen atoms in total. The average molecular weight is 372 g/mol. The third-order valence-electron chi connectivity index (χ3n) is 3.75. The van der Waals surface area contributed by atoms with Crippen molar-refractivity contribution in [3.63, 3.8) is 0 Å². The molecule has 0 unspecified atom stereocenters. The van der Waals surface area contributed by atoms with Crippen LogP contribution in [0.25, 0.3) is 0 Å². The maximum atomic E-state index is 12.3. The second kappa shape index (κ2) is 8.45. The maximum absolute atomic E-state index is 12.3. The summed E-state index contributed by atoms with van der Waals surface area (Å²) in [7, 11) is 0. The van der Waals surface area contributed by atoms with E-state index >= 15 is 0 Å². The van der Waals surface area contributed by atoms with Crippen molar-refractivity contribution in [2.24, 2.45) is 5.73 Å². The maximum Gasteiger partial charge on any atom is 0.251 e. The van der Waals surface area contributed by atoms with E-state index in [2.05, 4.69) is 15.9 Å². The quantitative estimate of drug-likeness (QED) is 0.755. The van der Waals surface area contributed by atoms with Gasteiger partial charge < -0.3 is 19.9 Å². The predicted octanol–water partition coefficient (Wildman–Crippen LogP) is 0.967. The van der Waals surface area contributed by atoms with E-state index in [0.717, 1.165) is 23.7 Å². The van der Waals surface area contributed by atoms with Crippen LogP contribution in [0.2, 0.25) is 0 Å². The lowest BCUT2D eigenvalue weighted by Gasteiger charge is -2.32. The van der Waals surface area contributed by atoms with E-state index in [1.54, 1.807) is 17.2 Å². The summed E-state index contributed by atoms with van der Waals surface area (Å²) in [4.78, 5) is 25.8. The summed E-state index contributed by atoms with van der Waals surface area (Å²) in [5.74, 6) is -0.0272. The molecule has 0 radical (unpaired) electrons. The predicted molar refractivity (Wildman–Crippen MR) is 87.6 cm³/mol. The molecule has 0 bridgehead atoms. The zero-order chi connectivity index (χ0) is 15.9. The molecule has 0 aromatic carbocycles. The number of piperidine rings is 1. The molecule has 0 aliphatic carbocycles. The SMILES string of the molecule is NCCCOC1CCN(C(=O)Cn2cc(Br)ccc2=O)CC1. The summed E-state index contributed by atoms with van der Waals surface area (Å²) in [6.07, 6.45) is 4.39. The second-order valence-electron chi connectivity index (χ2n) is 5.41. The van der Waals surface area contributed by atoms with Crippen LogP contribution in [0.1, 0.15) is 19.3 Å². The van der Waals surface area contributed by atoms with Gasteiger partial charge in [-0.3, -0.25) is 9.59 Å². The van der Waals surface area contributed by atoms with Gasteiger partial charge in [0.25, 0.3) is 5.56 Å². The van der Waals surface area contributed by atoms with Crippen LogP contribution in [0.15, 0.2) is 27.6 Å². The summed E-state index contributed by atoms with van der Waals surface area (Å²) in [5, 5.41) is 0. The van der Waals surface area contributed by atoms with Gasteiger partial charge in [-0.2, -0.15) is 0 Å². The summed E-state index contributed by atoms with van der Waals surface area (Å²) in [6.45, 7) is 2.75. The average Bonchev–Trinajstić information content (AvgIpc) is 2.52. The minimum Gasteiger partial charge on any atom is -0.378 e. The Balaban J connectivity index is 1.82. The smallest absolute Gasteiger partial charge is 0.251 e. The van der Waals surface area contributed by atoms with Crippen LogP contribution in [-0.4, -0.2) is 47.7 Å². The number of aromatic nitrogens is 1. The van der Waals surface area contributed by atoms with Gasteiger partial charge in [-0.15, -0.1) is 0 Å². The fourth-order valence-electron chi connectivity index (χ4n) is 2.48. The number of halogens is 1. The van der Waals surface area contributed by atoms with Crippen LogP contribution in [-0.2, 0) is 16.1 Å². The molecule has 1 saturated heterocycles. The number of hydrogen-bond donors (Lipinski definition) is 1. The van der Waals surface area contributed by atoms with Crippen molar-refractivity contribution in [3.8, 4) is 0 Å². The molecule has 1 fully saturated rings. The Labute approximate surface area is 138 Å². The van der Waals surface area contributed by atoms with Crippen LogP contribution in [0.5, 0.6) is 0 Å². The molecule has 2 heterocycles. The van der Waals surface area contributed by atoms with Gasteiger partial charge in [-0.05, 0) is 47.8 Å². The number of pyridine rings is 1. The first-order chi connectivity index (χ1) is 10.6. The van der Waals surface area contributed by atoms with Crippen molar-refractivity contribution in [2.45, 2.75) is 31.9 Å². The van der Waals surface area contributed by atoms with Gasteiger partial charge in [-0.1, -0.05) is 0 Å². The molecule has 1 aromatic rings. The van der Waals surface area contributed by atoms with Crippen molar-refractivity contribution in [2.75, 3.05) is 26.2 Å². The van der Waals surface area contributed by atoms with Gasteiger partial charge >= 0.3 is 0 Å². The number of ether oxygens (including phenoxy) is 1. The fourth-order valence-corrected chi connectivity index (χ4v) is 2.86. The third-order valence-corrected chi connectivity index (χ3v) is 4.22. The zero-order valence-electron chi connectivity index (χ0n) is 12.5. The highest BCUT2D eigenvalue weighted by atomic mass is 79.9. The summed E-state index contributed by atoms with van der Waals surface area (Å²) >= 11 is 3.31. The Morgan fingerprint density at radius 2 is 2.09 bits per heavy atom. The Morgan fingerprint density at radius 1 is 1.36 bits per heavy atom. The topological polar surface area (TPSA) is 77.6 Å². The number of nitrogens with zero attached hydrogens (tertiary/aromatic N) is 2. The van der Waals surface area contributed by atoms with Gasteiger partial charge in [-0.25, -0.2) is 0 Å². The molecule has 1 aliphatic rings. The first-order valence-corrected chi connectivity index (χ1v) is 8.35. The van der Waals surface area contributed by atoms with Crippen LogP contribution >= 0.6 is 15.9 Å². The van der Waals surface area contributed by atoms with E-state index in [4.69, 9.17) is 10.5 Å². The Bertz CT molecular complexity index is 553. The van der Waals surface area contributed by atoms with Crippen LogP contribution in [0.3, 0.4) is 0 Å².